The van der Waals surface area contributed by atoms with E-state index < -0.39 is 0 Å². The number of aryl methyl sites for hydroxylation is 1. The van der Waals surface area contributed by atoms with Crippen LogP contribution in [0.3, 0.4) is 0 Å². The summed E-state index contributed by atoms with van der Waals surface area (Å²) in [5.74, 6) is 2.78. The third-order valence-corrected chi connectivity index (χ3v) is 3.08. The Labute approximate surface area is 72.3 Å². The highest BCUT2D eigenvalue weighted by atomic mass is 32.1. The van der Waals surface area contributed by atoms with Crippen LogP contribution in [0.25, 0.3) is 0 Å². The Bertz CT molecular complexity index is 286. The first-order chi connectivity index (χ1) is 5.06. The zero-order valence-corrected chi connectivity index (χ0v) is 7.96. The number of hydrogen-bond donors (Lipinski definition) is 0. The summed E-state index contributed by atoms with van der Waals surface area (Å²) in [6, 6.07) is 2.16. The van der Waals surface area contributed by atoms with Crippen LogP contribution < -0.4 is 0 Å². The van der Waals surface area contributed by atoms with Crippen molar-refractivity contribution in [2.24, 2.45) is 0 Å². The Morgan fingerprint density at radius 1 is 1.55 bits per heavy atom. The van der Waals surface area contributed by atoms with Gasteiger partial charge in [0.2, 0.25) is 0 Å². The Kier molecular flexibility index (Phi) is 2.06. The molecule has 0 nitrogen and oxygen atoms in total. The molecule has 58 valence electrons. The molecule has 0 aliphatic heterocycles. The van der Waals surface area contributed by atoms with Gasteiger partial charge in [0.1, 0.15) is 0 Å². The van der Waals surface area contributed by atoms with Gasteiger partial charge in [-0.2, -0.15) is 0 Å². The summed E-state index contributed by atoms with van der Waals surface area (Å²) >= 11 is 1.74. The van der Waals surface area contributed by atoms with E-state index in [2.05, 4.69) is 38.1 Å². The number of thiophene rings is 1. The molecule has 0 amide bonds. The smallest absolute Gasteiger partial charge is 0.0597 e. The van der Waals surface area contributed by atoms with E-state index in [1.165, 1.54) is 10.4 Å². The van der Waals surface area contributed by atoms with Crippen LogP contribution in [0.1, 0.15) is 24.3 Å². The average Bonchev–Trinajstić information content (AvgIpc) is 2.36. The predicted molar refractivity (Wildman–Crippen MR) is 50.9 cm³/mol. The third-order valence-electron chi connectivity index (χ3n) is 1.71. The van der Waals surface area contributed by atoms with Crippen LogP contribution in [0, 0.1) is 19.3 Å². The number of rotatable bonds is 1. The first kappa shape index (κ1) is 8.36. The molecule has 0 saturated heterocycles. The quantitative estimate of drug-likeness (QED) is 0.560. The maximum absolute atomic E-state index is 5.40. The zero-order chi connectivity index (χ0) is 8.48. The van der Waals surface area contributed by atoms with Gasteiger partial charge < -0.3 is 0 Å². The van der Waals surface area contributed by atoms with Crippen molar-refractivity contribution in [3.8, 4) is 12.3 Å². The molecule has 0 N–H and O–H groups in total. The Morgan fingerprint density at radius 3 is 2.55 bits per heavy atom. The molecule has 0 spiro atoms. The summed E-state index contributed by atoms with van der Waals surface area (Å²) in [5, 5.41) is 2.13. The second kappa shape index (κ2) is 2.71. The molecule has 1 aromatic heterocycles. The van der Waals surface area contributed by atoms with E-state index in [9.17, 15) is 0 Å². The maximum atomic E-state index is 5.40. The van der Waals surface area contributed by atoms with Crippen molar-refractivity contribution >= 4 is 11.3 Å². The SMILES string of the molecule is C#CC(C)(C)c1cc(C)cs1. The number of hydrogen-bond acceptors (Lipinski definition) is 1. The Balaban J connectivity index is 3.04. The molecule has 1 heterocycles. The molecule has 0 aliphatic rings. The van der Waals surface area contributed by atoms with Gasteiger partial charge in [-0.25, -0.2) is 0 Å². The standard InChI is InChI=1S/C10H12S/c1-5-10(3,4)9-6-8(2)7-11-9/h1,6-7H,2-4H3. The van der Waals surface area contributed by atoms with E-state index in [0.717, 1.165) is 0 Å². The maximum Gasteiger partial charge on any atom is 0.0597 e. The van der Waals surface area contributed by atoms with Crippen LogP contribution in [-0.4, -0.2) is 0 Å². The van der Waals surface area contributed by atoms with Crippen molar-refractivity contribution in [1.82, 2.24) is 0 Å². The van der Waals surface area contributed by atoms with Crippen LogP contribution >= 0.6 is 11.3 Å². The van der Waals surface area contributed by atoms with Crippen LogP contribution in [-0.2, 0) is 5.41 Å². The van der Waals surface area contributed by atoms with Gasteiger partial charge in [0.25, 0.3) is 0 Å². The molecule has 0 aromatic carbocycles. The van der Waals surface area contributed by atoms with E-state index in [4.69, 9.17) is 6.42 Å². The molecule has 0 bridgehead atoms. The zero-order valence-electron chi connectivity index (χ0n) is 7.14. The fourth-order valence-electron chi connectivity index (χ4n) is 0.830. The highest BCUT2D eigenvalue weighted by molar-refractivity contribution is 7.10. The highest BCUT2D eigenvalue weighted by Gasteiger charge is 2.18. The van der Waals surface area contributed by atoms with Gasteiger partial charge in [0, 0.05) is 4.88 Å². The molecular formula is C10H12S. The van der Waals surface area contributed by atoms with Crippen molar-refractivity contribution in [2.45, 2.75) is 26.2 Å². The molecule has 11 heavy (non-hydrogen) atoms. The minimum atomic E-state index is -0.0983. The van der Waals surface area contributed by atoms with E-state index >= 15 is 0 Å². The lowest BCUT2D eigenvalue weighted by Crippen LogP contribution is -2.11. The van der Waals surface area contributed by atoms with Gasteiger partial charge in [-0.1, -0.05) is 5.92 Å². The largest absolute Gasteiger partial charge is 0.147 e. The van der Waals surface area contributed by atoms with Gasteiger partial charge in [0.15, 0.2) is 0 Å². The summed E-state index contributed by atoms with van der Waals surface area (Å²) in [6.07, 6.45) is 5.40. The second-order valence-electron chi connectivity index (χ2n) is 3.26. The summed E-state index contributed by atoms with van der Waals surface area (Å²) in [5.41, 5.74) is 1.20. The van der Waals surface area contributed by atoms with Gasteiger partial charge in [-0.15, -0.1) is 17.8 Å². The molecule has 1 heteroatoms. The minimum absolute atomic E-state index is 0.0983. The molecule has 1 aromatic rings. The molecule has 0 fully saturated rings. The topological polar surface area (TPSA) is 0 Å². The van der Waals surface area contributed by atoms with Crippen LogP contribution in [0.5, 0.6) is 0 Å². The summed E-state index contributed by atoms with van der Waals surface area (Å²) in [7, 11) is 0. The normalized spacial score (nSPS) is 11.1. The average molecular weight is 164 g/mol. The lowest BCUT2D eigenvalue weighted by molar-refractivity contribution is 0.716. The van der Waals surface area contributed by atoms with Crippen molar-refractivity contribution < 1.29 is 0 Å². The summed E-state index contributed by atoms with van der Waals surface area (Å²) < 4.78 is 0. The van der Waals surface area contributed by atoms with Crippen LogP contribution in [0.4, 0.5) is 0 Å². The van der Waals surface area contributed by atoms with E-state index in [-0.39, 0.29) is 5.41 Å². The molecule has 0 saturated carbocycles. The van der Waals surface area contributed by atoms with E-state index in [0.29, 0.717) is 0 Å². The fourth-order valence-corrected chi connectivity index (χ4v) is 1.82. The van der Waals surface area contributed by atoms with Gasteiger partial charge in [0.05, 0.1) is 5.41 Å². The minimum Gasteiger partial charge on any atom is -0.147 e. The lowest BCUT2D eigenvalue weighted by Gasteiger charge is -2.14. The first-order valence-electron chi connectivity index (χ1n) is 3.59. The molecule has 0 unspecified atom stereocenters. The number of terminal acetylenes is 1. The Hall–Kier alpha value is -0.740. The fraction of sp³-hybridized carbons (Fsp3) is 0.400. The molecule has 0 aliphatic carbocycles. The van der Waals surface area contributed by atoms with Gasteiger partial charge >= 0.3 is 0 Å². The van der Waals surface area contributed by atoms with Crippen molar-refractivity contribution in [1.29, 1.82) is 0 Å². The molecule has 1 rings (SSSR count). The van der Waals surface area contributed by atoms with E-state index in [1.54, 1.807) is 11.3 Å². The summed E-state index contributed by atoms with van der Waals surface area (Å²) in [6.45, 7) is 6.23. The van der Waals surface area contributed by atoms with Gasteiger partial charge in [-0.05, 0) is 37.8 Å². The first-order valence-corrected chi connectivity index (χ1v) is 4.47. The Morgan fingerprint density at radius 2 is 2.18 bits per heavy atom. The van der Waals surface area contributed by atoms with Crippen molar-refractivity contribution in [2.75, 3.05) is 0 Å². The van der Waals surface area contributed by atoms with Crippen LogP contribution in [0.15, 0.2) is 11.4 Å². The molecular weight excluding hydrogens is 152 g/mol. The van der Waals surface area contributed by atoms with Crippen LogP contribution in [0.2, 0.25) is 0 Å². The van der Waals surface area contributed by atoms with Crippen molar-refractivity contribution in [3.63, 3.8) is 0 Å². The molecule has 0 atom stereocenters. The monoisotopic (exact) mass is 164 g/mol. The third kappa shape index (κ3) is 1.64. The van der Waals surface area contributed by atoms with E-state index in [1.807, 2.05) is 0 Å². The summed E-state index contributed by atoms with van der Waals surface area (Å²) in [4.78, 5) is 1.28. The second-order valence-corrected chi connectivity index (χ2v) is 4.17. The molecule has 0 radical (unpaired) electrons. The predicted octanol–water partition coefficient (Wildman–Crippen LogP) is 2.97. The van der Waals surface area contributed by atoms with Crippen molar-refractivity contribution in [3.05, 3.63) is 21.9 Å². The van der Waals surface area contributed by atoms with Gasteiger partial charge in [-0.3, -0.25) is 0 Å². The highest BCUT2D eigenvalue weighted by Crippen LogP contribution is 2.28. The lowest BCUT2D eigenvalue weighted by atomic mass is 9.93.